The lowest BCUT2D eigenvalue weighted by Gasteiger charge is -2.10. The number of aromatic nitrogens is 5. The van der Waals surface area contributed by atoms with Gasteiger partial charge >= 0.3 is 11.7 Å². The van der Waals surface area contributed by atoms with E-state index in [2.05, 4.69) is 4.98 Å². The Hall–Kier alpha value is -3.62. The number of esters is 1. The van der Waals surface area contributed by atoms with Crippen molar-refractivity contribution in [3.63, 3.8) is 0 Å². The molecule has 0 aliphatic heterocycles. The van der Waals surface area contributed by atoms with Gasteiger partial charge in [-0.2, -0.15) is 4.98 Å². The molecule has 0 saturated carbocycles. The van der Waals surface area contributed by atoms with Crippen LogP contribution < -0.4 is 11.2 Å². The largest absolute Gasteiger partial charge is 0.465 e. The Morgan fingerprint density at radius 2 is 1.79 bits per heavy atom. The van der Waals surface area contributed by atoms with Crippen LogP contribution in [0.3, 0.4) is 0 Å². The van der Waals surface area contributed by atoms with Gasteiger partial charge in [0.15, 0.2) is 11.2 Å². The number of nitrogens with zero attached hydrogens (tertiary/aromatic N) is 5. The lowest BCUT2D eigenvalue weighted by Crippen LogP contribution is -2.37. The van der Waals surface area contributed by atoms with Gasteiger partial charge in [-0.1, -0.05) is 30.3 Å². The van der Waals surface area contributed by atoms with Gasteiger partial charge in [-0.25, -0.2) is 4.79 Å². The summed E-state index contributed by atoms with van der Waals surface area (Å²) in [5, 5.41) is 0. The highest BCUT2D eigenvalue weighted by Crippen LogP contribution is 2.29. The number of fused-ring (bicyclic) bond motifs is 3. The molecular weight excluding hydrogens is 374 g/mol. The Morgan fingerprint density at radius 3 is 2.45 bits per heavy atom. The maximum absolute atomic E-state index is 12.9. The van der Waals surface area contributed by atoms with Crippen molar-refractivity contribution in [1.29, 1.82) is 0 Å². The van der Waals surface area contributed by atoms with E-state index in [0.29, 0.717) is 11.3 Å². The molecule has 3 aromatic heterocycles. The van der Waals surface area contributed by atoms with Crippen LogP contribution in [0, 0.1) is 6.92 Å². The maximum atomic E-state index is 12.9. The fourth-order valence-corrected chi connectivity index (χ4v) is 3.73. The number of ether oxygens (including phenoxy) is 1. The van der Waals surface area contributed by atoms with Crippen molar-refractivity contribution in [2.75, 3.05) is 6.61 Å². The molecule has 0 fully saturated rings. The predicted molar refractivity (Wildman–Crippen MR) is 108 cm³/mol. The van der Waals surface area contributed by atoms with Crippen LogP contribution in [0.5, 0.6) is 0 Å². The molecule has 0 aliphatic carbocycles. The number of carbonyl (C=O) groups excluding carboxylic acids is 1. The summed E-state index contributed by atoms with van der Waals surface area (Å²) in [5.41, 5.74) is 2.06. The summed E-state index contributed by atoms with van der Waals surface area (Å²) >= 11 is 0. The molecular formula is C20H21N5O4. The Kier molecular flexibility index (Phi) is 4.37. The van der Waals surface area contributed by atoms with E-state index in [1.54, 1.807) is 22.9 Å². The topological polar surface area (TPSA) is 92.5 Å². The van der Waals surface area contributed by atoms with Crippen molar-refractivity contribution < 1.29 is 9.53 Å². The molecule has 9 heteroatoms. The van der Waals surface area contributed by atoms with Crippen LogP contribution in [0.25, 0.3) is 28.2 Å². The summed E-state index contributed by atoms with van der Waals surface area (Å²) in [4.78, 5) is 42.1. The second-order valence-corrected chi connectivity index (χ2v) is 6.82. The molecule has 0 saturated heterocycles. The average Bonchev–Trinajstić information content (AvgIpc) is 3.22. The van der Waals surface area contributed by atoms with Crippen molar-refractivity contribution >= 4 is 22.9 Å². The van der Waals surface area contributed by atoms with Gasteiger partial charge in [-0.15, -0.1) is 0 Å². The van der Waals surface area contributed by atoms with Crippen molar-refractivity contribution in [3.8, 4) is 11.3 Å². The average molecular weight is 395 g/mol. The number of aryl methyl sites for hydroxylation is 2. The minimum absolute atomic E-state index is 0.0625. The highest BCUT2D eigenvalue weighted by Gasteiger charge is 2.25. The minimum Gasteiger partial charge on any atom is -0.465 e. The molecule has 29 heavy (non-hydrogen) atoms. The van der Waals surface area contributed by atoms with Crippen LogP contribution in [0.2, 0.25) is 0 Å². The number of carbonyl (C=O) groups is 1. The summed E-state index contributed by atoms with van der Waals surface area (Å²) in [6, 6.07) is 9.57. The van der Waals surface area contributed by atoms with Crippen molar-refractivity contribution in [2.24, 2.45) is 14.1 Å². The minimum atomic E-state index is -0.457. The van der Waals surface area contributed by atoms with Gasteiger partial charge in [0, 0.05) is 25.4 Å². The van der Waals surface area contributed by atoms with Gasteiger partial charge in [0.25, 0.3) is 5.56 Å². The van der Waals surface area contributed by atoms with E-state index in [9.17, 15) is 14.4 Å². The predicted octanol–water partition coefficient (Wildman–Crippen LogP) is 1.22. The lowest BCUT2D eigenvalue weighted by atomic mass is 10.1. The fourth-order valence-electron chi connectivity index (χ4n) is 3.73. The Morgan fingerprint density at radius 1 is 1.10 bits per heavy atom. The first-order valence-corrected chi connectivity index (χ1v) is 9.25. The van der Waals surface area contributed by atoms with E-state index in [1.807, 2.05) is 37.3 Å². The van der Waals surface area contributed by atoms with Gasteiger partial charge in [-0.3, -0.25) is 27.7 Å². The van der Waals surface area contributed by atoms with Gasteiger partial charge in [0.1, 0.15) is 6.54 Å². The number of benzene rings is 1. The molecule has 0 N–H and O–H groups in total. The molecule has 9 nitrogen and oxygen atoms in total. The third-order valence-corrected chi connectivity index (χ3v) is 5.07. The van der Waals surface area contributed by atoms with Crippen molar-refractivity contribution in [2.45, 2.75) is 20.4 Å². The molecule has 0 radical (unpaired) electrons. The van der Waals surface area contributed by atoms with E-state index in [0.717, 1.165) is 21.5 Å². The van der Waals surface area contributed by atoms with Crippen LogP contribution in [-0.4, -0.2) is 35.7 Å². The zero-order chi connectivity index (χ0) is 20.9. The molecule has 1 aromatic carbocycles. The molecule has 0 amide bonds. The standard InChI is InChI=1S/C20H21N5O4/c1-5-29-14(26)11-24-15(13-9-7-6-8-10-13)12(2)25-16-17(21-19(24)25)22(3)20(28)23(4)18(16)27/h6-10H,5,11H2,1-4H3. The van der Waals surface area contributed by atoms with E-state index >= 15 is 0 Å². The summed E-state index contributed by atoms with van der Waals surface area (Å²) < 4.78 is 11.0. The van der Waals surface area contributed by atoms with E-state index in [1.165, 1.54) is 11.6 Å². The van der Waals surface area contributed by atoms with Crippen LogP contribution in [0.1, 0.15) is 12.6 Å². The highest BCUT2D eigenvalue weighted by atomic mass is 16.5. The number of hydrogen-bond donors (Lipinski definition) is 0. The zero-order valence-corrected chi connectivity index (χ0v) is 16.7. The summed E-state index contributed by atoms with van der Waals surface area (Å²) in [7, 11) is 3.01. The first kappa shape index (κ1) is 18.7. The summed E-state index contributed by atoms with van der Waals surface area (Å²) in [6.07, 6.45) is 0. The summed E-state index contributed by atoms with van der Waals surface area (Å²) in [5.74, 6) is -0.00117. The number of hydrogen-bond acceptors (Lipinski definition) is 5. The number of imidazole rings is 2. The molecule has 0 bridgehead atoms. The molecule has 0 spiro atoms. The number of rotatable bonds is 4. The second kappa shape index (κ2) is 6.77. The monoisotopic (exact) mass is 395 g/mol. The molecule has 3 heterocycles. The van der Waals surface area contributed by atoms with Gasteiger partial charge in [0.05, 0.1) is 12.3 Å². The lowest BCUT2D eigenvalue weighted by molar-refractivity contribution is -0.143. The Bertz CT molecular complexity index is 1370. The Balaban J connectivity index is 2.15. The maximum Gasteiger partial charge on any atom is 0.332 e. The normalized spacial score (nSPS) is 11.4. The van der Waals surface area contributed by atoms with Crippen molar-refractivity contribution in [1.82, 2.24) is 23.1 Å². The fraction of sp³-hybridized carbons (Fsp3) is 0.300. The van der Waals surface area contributed by atoms with E-state index in [4.69, 9.17) is 4.74 Å². The van der Waals surface area contributed by atoms with Gasteiger partial charge in [0.2, 0.25) is 5.78 Å². The Labute approximate surface area is 165 Å². The second-order valence-electron chi connectivity index (χ2n) is 6.82. The molecule has 0 atom stereocenters. The van der Waals surface area contributed by atoms with Crippen LogP contribution in [0.4, 0.5) is 0 Å². The van der Waals surface area contributed by atoms with Gasteiger partial charge < -0.3 is 4.74 Å². The smallest absolute Gasteiger partial charge is 0.332 e. The quantitative estimate of drug-likeness (QED) is 0.485. The van der Waals surface area contributed by atoms with Gasteiger partial charge in [-0.05, 0) is 13.8 Å². The molecule has 0 aliphatic rings. The molecule has 150 valence electrons. The highest BCUT2D eigenvalue weighted by molar-refractivity contribution is 5.81. The molecule has 4 aromatic rings. The van der Waals surface area contributed by atoms with Crippen LogP contribution in [0.15, 0.2) is 39.9 Å². The molecule has 4 rings (SSSR count). The van der Waals surface area contributed by atoms with E-state index < -0.39 is 17.2 Å². The van der Waals surface area contributed by atoms with E-state index in [-0.39, 0.29) is 18.8 Å². The first-order valence-electron chi connectivity index (χ1n) is 9.25. The SMILES string of the molecule is CCOC(=O)Cn1c(-c2ccccc2)c(C)n2c3c(=O)n(C)c(=O)n(C)c3nc12. The third kappa shape index (κ3) is 2.69. The van der Waals surface area contributed by atoms with Crippen LogP contribution >= 0.6 is 0 Å². The molecule has 0 unspecified atom stereocenters. The zero-order valence-electron chi connectivity index (χ0n) is 16.7. The van der Waals surface area contributed by atoms with Crippen molar-refractivity contribution in [3.05, 3.63) is 56.9 Å². The first-order chi connectivity index (χ1) is 13.9. The third-order valence-electron chi connectivity index (χ3n) is 5.07. The summed E-state index contributed by atoms with van der Waals surface area (Å²) in [6.45, 7) is 3.81. The van der Waals surface area contributed by atoms with Crippen LogP contribution in [-0.2, 0) is 30.2 Å².